The summed E-state index contributed by atoms with van der Waals surface area (Å²) in [7, 11) is 0. The Hall–Kier alpha value is -4.53. The molecule has 17 nitrogen and oxygen atoms in total. The van der Waals surface area contributed by atoms with Crippen LogP contribution in [-0.4, -0.2) is 133 Å². The van der Waals surface area contributed by atoms with Gasteiger partial charge in [-0.3, -0.25) is 24.0 Å². The zero-order valence-corrected chi connectivity index (χ0v) is 56.1. The fourth-order valence-corrected chi connectivity index (χ4v) is 17.5. The average Bonchev–Trinajstić information content (AvgIpc) is 1.34. The van der Waals surface area contributed by atoms with E-state index in [2.05, 4.69) is 25.9 Å². The Morgan fingerprint density at radius 3 is 1.36 bits per heavy atom. The summed E-state index contributed by atoms with van der Waals surface area (Å²) in [5.41, 5.74) is -8.33. The van der Waals surface area contributed by atoms with Gasteiger partial charge in [-0.25, -0.2) is 27.2 Å². The summed E-state index contributed by atoms with van der Waals surface area (Å²) in [5.74, 6) is -24.2. The van der Waals surface area contributed by atoms with E-state index in [9.17, 15) is 82.6 Å². The number of ether oxygens (including phenoxy) is 9. The minimum absolute atomic E-state index is 0.0146. The molecule has 0 aromatic heterocycles. The molecule has 0 amide bonds. The first-order valence-electron chi connectivity index (χ1n) is 33.4. The summed E-state index contributed by atoms with van der Waals surface area (Å²) in [6.07, 6.45) is 0.956. The van der Waals surface area contributed by atoms with Crippen molar-refractivity contribution in [2.24, 2.45) is 86.3 Å². The van der Waals surface area contributed by atoms with Crippen molar-refractivity contribution < 1.29 is 125 Å². The normalized spacial score (nSPS) is 34.1. The lowest BCUT2D eigenvalue weighted by Gasteiger charge is -2.59. The SMILES string of the molecule is CCC1(OC(=O)C2C3CC4C(OC(=O)C42)C3COC(=O)C(C)(C)C)CCCCC1.CCOC(=O)C(OCC(F)(F)C(C)(C)C)(OC(=O)C12CC3CC(CC(C3)C1)C2)C(F)(F)F.CCOC(=O)C(OCC(F)(F)C(C)(C)C)(OC(=O)C12CC3CC(CC(O)(C3)C1)C2)C(F)(F)F. The van der Waals surface area contributed by atoms with Crippen LogP contribution in [0.4, 0.5) is 43.9 Å². The molecule has 536 valence electrons. The molecular formula is C67H96F10O17. The van der Waals surface area contributed by atoms with E-state index in [0.29, 0.717) is 32.1 Å². The molecule has 12 fully saturated rings. The molecule has 27 heteroatoms. The number of alkyl halides is 10. The summed E-state index contributed by atoms with van der Waals surface area (Å²) < 4.78 is 188. The minimum atomic E-state index is -5.69. The van der Waals surface area contributed by atoms with Gasteiger partial charge in [-0.2, -0.15) is 26.3 Å². The lowest BCUT2D eigenvalue weighted by atomic mass is 9.48. The molecule has 11 aliphatic carbocycles. The Kier molecular flexibility index (Phi) is 21.0. The first-order valence-corrected chi connectivity index (χ1v) is 33.4. The number of halogens is 10. The van der Waals surface area contributed by atoms with E-state index >= 15 is 0 Å². The highest BCUT2D eigenvalue weighted by atomic mass is 19.4. The van der Waals surface area contributed by atoms with Gasteiger partial charge in [-0.1, -0.05) is 54.9 Å². The highest BCUT2D eigenvalue weighted by Crippen LogP contribution is 2.65. The number of esters is 7. The van der Waals surface area contributed by atoms with Gasteiger partial charge in [0, 0.05) is 22.7 Å². The van der Waals surface area contributed by atoms with Crippen LogP contribution in [0.3, 0.4) is 0 Å². The zero-order chi connectivity index (χ0) is 70.2. The van der Waals surface area contributed by atoms with Crippen molar-refractivity contribution >= 4 is 41.8 Å². The molecule has 1 aliphatic heterocycles. The van der Waals surface area contributed by atoms with Crippen molar-refractivity contribution in [2.75, 3.05) is 33.0 Å². The monoisotopic (exact) mass is 1360 g/mol. The second-order valence-electron chi connectivity index (χ2n) is 32.1. The number of carbonyl (C=O) groups is 7. The Morgan fingerprint density at radius 2 is 0.968 bits per heavy atom. The maximum Gasteiger partial charge on any atom is 0.468 e. The number of fused-ring (bicyclic) bond motifs is 1. The summed E-state index contributed by atoms with van der Waals surface area (Å²) in [6, 6.07) is 0. The number of rotatable bonds is 19. The van der Waals surface area contributed by atoms with Crippen LogP contribution in [0.15, 0.2) is 0 Å². The Labute approximate surface area is 542 Å². The standard InChI is InChI=1S/C23H34O6.C22H31F5O6.C22H31F5O5/c1-5-23(9-7-6-8-10-23)29-20(25)16-13-11-14-17(16)19(24)28-18(14)15(13)12-27-21(26)22(2,3)4;1-5-31-16(29)21(22(25,26)27,32-12-20(23,24)17(2,3)4)33-15(28)18-7-13-6-14(8-18)10-19(30,9-13)11-18;1-5-30-17(29)21(22(25,26)27,31-12-20(23,24)18(2,3)4)32-16(28)19-9-13-6-14(10-19)8-15(7-13)11-19/h13-18H,5-12H2,1-4H3;13-14,30H,5-12H2,1-4H3;13-15H,5-12H2,1-4H3. The Bertz CT molecular complexity index is 2760. The van der Waals surface area contributed by atoms with Crippen molar-refractivity contribution in [3.63, 3.8) is 0 Å². The van der Waals surface area contributed by atoms with Gasteiger partial charge < -0.3 is 47.7 Å². The molecule has 10 unspecified atom stereocenters. The predicted molar refractivity (Wildman–Crippen MR) is 311 cm³/mol. The maximum absolute atomic E-state index is 14.5. The van der Waals surface area contributed by atoms with E-state index in [1.807, 2.05) is 20.8 Å². The molecule has 10 bridgehead atoms. The smallest absolute Gasteiger partial charge is 0.465 e. The van der Waals surface area contributed by atoms with Crippen molar-refractivity contribution in [3.05, 3.63) is 0 Å². The maximum atomic E-state index is 14.5. The predicted octanol–water partition coefficient (Wildman–Crippen LogP) is 13.3. The Morgan fingerprint density at radius 1 is 0.543 bits per heavy atom. The number of carbonyl (C=O) groups excluding carboxylic acids is 7. The molecule has 0 spiro atoms. The number of aliphatic hydroxyl groups is 1. The van der Waals surface area contributed by atoms with Gasteiger partial charge in [0.05, 0.1) is 53.5 Å². The summed E-state index contributed by atoms with van der Waals surface area (Å²) in [5, 5.41) is 10.8. The van der Waals surface area contributed by atoms with E-state index in [0.717, 1.165) is 106 Å². The lowest BCUT2D eigenvalue weighted by molar-refractivity contribution is -0.370. The minimum Gasteiger partial charge on any atom is -0.465 e. The summed E-state index contributed by atoms with van der Waals surface area (Å²) in [4.78, 5) is 89.4. The van der Waals surface area contributed by atoms with Gasteiger partial charge in [0.1, 0.15) is 24.9 Å². The third kappa shape index (κ3) is 14.6. The number of hydrogen-bond donors (Lipinski definition) is 1. The quantitative estimate of drug-likeness (QED) is 0.0549. The molecule has 94 heavy (non-hydrogen) atoms. The van der Waals surface area contributed by atoms with Crippen LogP contribution in [0.5, 0.6) is 0 Å². The molecule has 11 saturated carbocycles. The topological polar surface area (TPSA) is 223 Å². The van der Waals surface area contributed by atoms with Crippen LogP contribution in [0.1, 0.15) is 205 Å². The molecule has 12 aliphatic rings. The van der Waals surface area contributed by atoms with E-state index in [4.69, 9.17) is 23.7 Å². The van der Waals surface area contributed by atoms with Crippen LogP contribution in [0.2, 0.25) is 0 Å². The third-order valence-electron chi connectivity index (χ3n) is 22.1. The van der Waals surface area contributed by atoms with Gasteiger partial charge in [-0.15, -0.1) is 0 Å². The molecule has 0 radical (unpaired) electrons. The summed E-state index contributed by atoms with van der Waals surface area (Å²) >= 11 is 0. The highest BCUT2D eigenvalue weighted by molar-refractivity contribution is 5.88. The molecule has 0 aromatic rings. The second kappa shape index (κ2) is 26.3. The zero-order valence-electron chi connectivity index (χ0n) is 56.1. The molecule has 1 N–H and O–H groups in total. The summed E-state index contributed by atoms with van der Waals surface area (Å²) in [6.45, 7) is 12.2. The molecular weight excluding hydrogens is 1270 g/mol. The van der Waals surface area contributed by atoms with Crippen molar-refractivity contribution in [1.29, 1.82) is 0 Å². The molecule has 12 rings (SSSR count). The van der Waals surface area contributed by atoms with Crippen LogP contribution in [0.25, 0.3) is 0 Å². The second-order valence-corrected chi connectivity index (χ2v) is 32.1. The van der Waals surface area contributed by atoms with Crippen LogP contribution in [-0.2, 0) is 76.2 Å². The fourth-order valence-electron chi connectivity index (χ4n) is 17.5. The van der Waals surface area contributed by atoms with Crippen LogP contribution in [0, 0.1) is 86.3 Å². The van der Waals surface area contributed by atoms with Crippen molar-refractivity contribution in [3.8, 4) is 0 Å². The first kappa shape index (κ1) is 75.2. The van der Waals surface area contributed by atoms with Gasteiger partial charge in [0.25, 0.3) is 11.8 Å². The molecule has 10 atom stereocenters. The van der Waals surface area contributed by atoms with E-state index in [1.54, 1.807) is 0 Å². The van der Waals surface area contributed by atoms with Crippen molar-refractivity contribution in [1.82, 2.24) is 0 Å². The molecule has 0 aromatic carbocycles. The van der Waals surface area contributed by atoms with Crippen LogP contribution < -0.4 is 0 Å². The average molecular weight is 1360 g/mol. The first-order chi connectivity index (χ1) is 43.1. The van der Waals surface area contributed by atoms with E-state index in [1.165, 1.54) is 20.3 Å². The van der Waals surface area contributed by atoms with Gasteiger partial charge in [0.2, 0.25) is 0 Å². The van der Waals surface area contributed by atoms with E-state index < -0.39 is 125 Å². The third-order valence-corrected chi connectivity index (χ3v) is 22.1. The van der Waals surface area contributed by atoms with E-state index in [-0.39, 0.29) is 109 Å². The fraction of sp³-hybridized carbons (Fsp3) is 0.896. The molecule has 1 saturated heterocycles. The number of hydrogen-bond acceptors (Lipinski definition) is 17. The van der Waals surface area contributed by atoms with Crippen molar-refractivity contribution in [2.45, 2.75) is 258 Å². The largest absolute Gasteiger partial charge is 0.468 e. The van der Waals surface area contributed by atoms with Gasteiger partial charge in [0.15, 0.2) is 0 Å². The van der Waals surface area contributed by atoms with Crippen LogP contribution >= 0.6 is 0 Å². The highest BCUT2D eigenvalue weighted by Gasteiger charge is 2.74. The van der Waals surface area contributed by atoms with Gasteiger partial charge in [-0.05, 0) is 186 Å². The Balaban J connectivity index is 0.000000181. The van der Waals surface area contributed by atoms with Gasteiger partial charge >= 0.3 is 65.7 Å². The lowest BCUT2D eigenvalue weighted by Crippen LogP contribution is -2.64. The molecule has 1 heterocycles.